The van der Waals surface area contributed by atoms with E-state index in [1.54, 1.807) is 0 Å². The minimum Gasteiger partial charge on any atom is -0.399 e. The zero-order valence-corrected chi connectivity index (χ0v) is 14.1. The number of benzene rings is 1. The van der Waals surface area contributed by atoms with Gasteiger partial charge in [-0.25, -0.2) is 0 Å². The van der Waals surface area contributed by atoms with Crippen LogP contribution in [0.15, 0.2) is 18.2 Å². The topological polar surface area (TPSA) is 36.9 Å². The van der Waals surface area contributed by atoms with Crippen LogP contribution in [-0.4, -0.2) is 38.3 Å². The molecule has 5 heteroatoms. The Kier molecular flexibility index (Phi) is 4.10. The second-order valence-electron chi connectivity index (χ2n) is 7.32. The summed E-state index contributed by atoms with van der Waals surface area (Å²) in [7, 11) is -0.325. The maximum atomic E-state index is 6.16. The normalized spacial score (nSPS) is 24.7. The second kappa shape index (κ2) is 5.64. The molecule has 0 aliphatic carbocycles. The molecule has 0 unspecified atom stereocenters. The molecular weight excluding hydrogens is 279 g/mol. The van der Waals surface area contributed by atoms with Gasteiger partial charge in [0, 0.05) is 5.92 Å². The summed E-state index contributed by atoms with van der Waals surface area (Å²) in [6.45, 7) is 12.2. The highest BCUT2D eigenvalue weighted by molar-refractivity contribution is 6.62. The summed E-state index contributed by atoms with van der Waals surface area (Å²) in [4.78, 5) is 0. The van der Waals surface area contributed by atoms with E-state index in [4.69, 9.17) is 18.8 Å². The summed E-state index contributed by atoms with van der Waals surface area (Å²) in [6.07, 6.45) is 0. The van der Waals surface area contributed by atoms with Gasteiger partial charge in [0.05, 0.1) is 24.4 Å². The third-order valence-corrected chi connectivity index (χ3v) is 4.92. The first kappa shape index (κ1) is 16.0. The molecule has 0 atom stereocenters. The van der Waals surface area contributed by atoms with Crippen molar-refractivity contribution in [3.63, 3.8) is 0 Å². The number of hydrogen-bond donors (Lipinski definition) is 0. The first-order valence-corrected chi connectivity index (χ1v) is 7.91. The first-order valence-electron chi connectivity index (χ1n) is 7.91. The Morgan fingerprint density at radius 3 is 2.14 bits per heavy atom. The van der Waals surface area contributed by atoms with Crippen molar-refractivity contribution >= 4 is 12.6 Å². The zero-order chi connectivity index (χ0) is 16.0. The van der Waals surface area contributed by atoms with Gasteiger partial charge >= 0.3 is 7.12 Å². The minimum atomic E-state index is -0.325. The van der Waals surface area contributed by atoms with Gasteiger partial charge in [-0.1, -0.05) is 23.8 Å². The largest absolute Gasteiger partial charge is 0.494 e. The van der Waals surface area contributed by atoms with Gasteiger partial charge in [0.15, 0.2) is 0 Å². The Balaban J connectivity index is 1.87. The molecule has 1 aromatic carbocycles. The third-order valence-electron chi connectivity index (χ3n) is 4.92. The second-order valence-corrected chi connectivity index (χ2v) is 7.32. The van der Waals surface area contributed by atoms with Crippen molar-refractivity contribution < 1.29 is 18.8 Å². The van der Waals surface area contributed by atoms with Crippen LogP contribution >= 0.6 is 0 Å². The monoisotopic (exact) mass is 304 g/mol. The quantitative estimate of drug-likeness (QED) is 0.786. The molecule has 0 saturated carbocycles. The lowest BCUT2D eigenvalue weighted by Crippen LogP contribution is -2.41. The molecule has 22 heavy (non-hydrogen) atoms. The van der Waals surface area contributed by atoms with Crippen LogP contribution in [0.2, 0.25) is 0 Å². The van der Waals surface area contributed by atoms with Gasteiger partial charge in [0.25, 0.3) is 0 Å². The predicted molar refractivity (Wildman–Crippen MR) is 86.4 cm³/mol. The van der Waals surface area contributed by atoms with Gasteiger partial charge in [-0.2, -0.15) is 0 Å². The molecule has 2 aliphatic rings. The highest BCUT2D eigenvalue weighted by Gasteiger charge is 2.51. The van der Waals surface area contributed by atoms with E-state index in [0.29, 0.717) is 20.0 Å². The van der Waals surface area contributed by atoms with Crippen molar-refractivity contribution in [1.82, 2.24) is 0 Å². The SMILES string of the molecule is Cc1cc(B2OC(C)(C)C(C)(C)O2)cc(C2COCOC2)c1. The van der Waals surface area contributed by atoms with Gasteiger partial charge in [0.2, 0.25) is 0 Å². The van der Waals surface area contributed by atoms with Crippen molar-refractivity contribution in [2.45, 2.75) is 51.7 Å². The zero-order valence-electron chi connectivity index (χ0n) is 14.1. The summed E-state index contributed by atoms with van der Waals surface area (Å²) < 4.78 is 23.2. The molecule has 0 spiro atoms. The molecule has 2 heterocycles. The summed E-state index contributed by atoms with van der Waals surface area (Å²) in [5.74, 6) is 0.273. The number of hydrogen-bond acceptors (Lipinski definition) is 4. The van der Waals surface area contributed by atoms with Crippen molar-refractivity contribution in [3.8, 4) is 0 Å². The maximum Gasteiger partial charge on any atom is 0.494 e. The van der Waals surface area contributed by atoms with E-state index in [1.807, 2.05) is 0 Å². The van der Waals surface area contributed by atoms with Crippen LogP contribution in [0, 0.1) is 6.92 Å². The minimum absolute atomic E-state index is 0.273. The smallest absolute Gasteiger partial charge is 0.399 e. The lowest BCUT2D eigenvalue weighted by atomic mass is 9.76. The molecule has 120 valence electrons. The molecule has 3 rings (SSSR count). The number of aryl methyl sites for hydroxylation is 1. The molecule has 2 saturated heterocycles. The van der Waals surface area contributed by atoms with Crippen molar-refractivity contribution in [3.05, 3.63) is 29.3 Å². The van der Waals surface area contributed by atoms with Crippen LogP contribution in [0.4, 0.5) is 0 Å². The Labute approximate surface area is 133 Å². The van der Waals surface area contributed by atoms with Crippen molar-refractivity contribution in [2.24, 2.45) is 0 Å². The van der Waals surface area contributed by atoms with Crippen LogP contribution in [0.25, 0.3) is 0 Å². The van der Waals surface area contributed by atoms with Gasteiger partial charge in [-0.3, -0.25) is 0 Å². The summed E-state index contributed by atoms with van der Waals surface area (Å²) >= 11 is 0. The van der Waals surface area contributed by atoms with Crippen molar-refractivity contribution in [1.29, 1.82) is 0 Å². The number of rotatable bonds is 2. The fourth-order valence-electron chi connectivity index (χ4n) is 2.87. The third kappa shape index (κ3) is 2.95. The molecule has 0 bridgehead atoms. The van der Waals surface area contributed by atoms with Crippen LogP contribution in [0.1, 0.15) is 44.7 Å². The standard InChI is InChI=1S/C17H25BO4/c1-12-6-13(14-9-19-11-20-10-14)8-15(7-12)18-21-16(2,3)17(4,5)22-18/h6-8,14H,9-11H2,1-5H3. The van der Waals surface area contributed by atoms with E-state index in [1.165, 1.54) is 11.1 Å². The first-order chi connectivity index (χ1) is 10.3. The van der Waals surface area contributed by atoms with E-state index in [0.717, 1.165) is 5.46 Å². The Morgan fingerprint density at radius 1 is 0.955 bits per heavy atom. The van der Waals surface area contributed by atoms with Gasteiger partial charge in [-0.05, 0) is 45.6 Å². The van der Waals surface area contributed by atoms with Crippen LogP contribution in [-0.2, 0) is 18.8 Å². The molecular formula is C17H25BO4. The fraction of sp³-hybridized carbons (Fsp3) is 0.647. The van der Waals surface area contributed by atoms with E-state index < -0.39 is 0 Å². The van der Waals surface area contributed by atoms with Gasteiger partial charge < -0.3 is 18.8 Å². The molecule has 0 amide bonds. The van der Waals surface area contributed by atoms with Crippen LogP contribution < -0.4 is 5.46 Å². The van der Waals surface area contributed by atoms with E-state index in [2.05, 4.69) is 52.8 Å². The summed E-state index contributed by atoms with van der Waals surface area (Å²) in [5, 5.41) is 0. The highest BCUT2D eigenvalue weighted by Crippen LogP contribution is 2.36. The molecule has 0 aromatic heterocycles. The van der Waals surface area contributed by atoms with E-state index >= 15 is 0 Å². The van der Waals surface area contributed by atoms with Gasteiger partial charge in [0.1, 0.15) is 6.79 Å². The lowest BCUT2D eigenvalue weighted by Gasteiger charge is -2.32. The maximum absolute atomic E-state index is 6.16. The van der Waals surface area contributed by atoms with Crippen molar-refractivity contribution in [2.75, 3.05) is 20.0 Å². The fourth-order valence-corrected chi connectivity index (χ4v) is 2.87. The Bertz CT molecular complexity index is 534. The van der Waals surface area contributed by atoms with Crippen LogP contribution in [0.3, 0.4) is 0 Å². The van der Waals surface area contributed by atoms with E-state index in [9.17, 15) is 0 Å². The lowest BCUT2D eigenvalue weighted by molar-refractivity contribution is -0.108. The van der Waals surface area contributed by atoms with Crippen LogP contribution in [0.5, 0.6) is 0 Å². The Morgan fingerprint density at radius 2 is 1.55 bits per heavy atom. The van der Waals surface area contributed by atoms with Gasteiger partial charge in [-0.15, -0.1) is 0 Å². The molecule has 4 nitrogen and oxygen atoms in total. The predicted octanol–water partition coefficient (Wildman–Crippen LogP) is 2.38. The summed E-state index contributed by atoms with van der Waals surface area (Å²) in [6, 6.07) is 6.49. The molecule has 0 radical (unpaired) electrons. The Hall–Kier alpha value is -0.875. The summed E-state index contributed by atoms with van der Waals surface area (Å²) in [5.41, 5.74) is 2.86. The van der Waals surface area contributed by atoms with E-state index in [-0.39, 0.29) is 24.2 Å². The highest BCUT2D eigenvalue weighted by atomic mass is 16.7. The average molecular weight is 304 g/mol. The molecule has 2 aliphatic heterocycles. The average Bonchev–Trinajstić information content (AvgIpc) is 2.68. The molecule has 1 aromatic rings. The molecule has 0 N–H and O–H groups in total. The number of ether oxygens (including phenoxy) is 2. The molecule has 2 fully saturated rings.